The summed E-state index contributed by atoms with van der Waals surface area (Å²) in [6.45, 7) is 29.3. The van der Waals surface area contributed by atoms with Crippen LogP contribution in [0, 0.1) is 0 Å². The van der Waals surface area contributed by atoms with E-state index in [-0.39, 0.29) is 15.8 Å². The maximum absolute atomic E-state index is 4.70. The van der Waals surface area contributed by atoms with Crippen LogP contribution in [0.2, 0.25) is 0 Å². The first-order valence-electron chi connectivity index (χ1n) is 8.27. The second-order valence-corrected chi connectivity index (χ2v) is 19.6. The van der Waals surface area contributed by atoms with Gasteiger partial charge in [0, 0.05) is 0 Å². The molecule has 0 unspecified atom stereocenters. The Morgan fingerprint density at radius 2 is 0.652 bits per heavy atom. The van der Waals surface area contributed by atoms with Gasteiger partial charge in [-0.2, -0.15) is 0 Å². The first-order chi connectivity index (χ1) is 9.89. The van der Waals surface area contributed by atoms with Gasteiger partial charge < -0.3 is 0 Å². The van der Waals surface area contributed by atoms with Gasteiger partial charge in [-0.25, -0.2) is 0 Å². The van der Waals surface area contributed by atoms with Gasteiger partial charge in [-0.1, -0.05) is 98.9 Å². The molecule has 0 aliphatic heterocycles. The van der Waals surface area contributed by atoms with E-state index in [1.807, 2.05) is 0 Å². The van der Waals surface area contributed by atoms with Crippen molar-refractivity contribution in [1.82, 2.24) is 0 Å². The van der Waals surface area contributed by atoms with Crippen LogP contribution >= 0.6 is 36.2 Å². The number of hydrogen-bond donors (Lipinski definition) is 0. The third-order valence-electron chi connectivity index (χ3n) is 3.79. The van der Waals surface area contributed by atoms with Crippen molar-refractivity contribution in [3.63, 3.8) is 0 Å². The van der Waals surface area contributed by atoms with Crippen molar-refractivity contribution in [2.75, 3.05) is 12.3 Å². The Morgan fingerprint density at radius 3 is 0.739 bits per heavy atom. The van der Waals surface area contributed by atoms with Crippen LogP contribution in [-0.4, -0.2) is 32.9 Å². The Balaban J connectivity index is 0. The Hall–Kier alpha value is 1.93. The molecular formula is C18H40Cl2NiP2. The minimum atomic E-state index is 0.0466. The summed E-state index contributed by atoms with van der Waals surface area (Å²) in [5.74, 6) is 0. The first-order valence-corrected chi connectivity index (χ1v) is 14.0. The third-order valence-corrected chi connectivity index (χ3v) is 12.0. The second-order valence-electron chi connectivity index (χ2n) is 10.0. The summed E-state index contributed by atoms with van der Waals surface area (Å²) < 4.78 is 0. The van der Waals surface area contributed by atoms with Crippen molar-refractivity contribution in [3.8, 4) is 0 Å². The van der Waals surface area contributed by atoms with E-state index in [4.69, 9.17) is 20.4 Å². The summed E-state index contributed by atoms with van der Waals surface area (Å²) in [4.78, 5) is 0. The molecule has 5 heteroatoms. The van der Waals surface area contributed by atoms with Gasteiger partial charge in [-0.05, 0) is 32.9 Å². The number of halogens is 2. The quantitative estimate of drug-likeness (QED) is 0.300. The van der Waals surface area contributed by atoms with Crippen molar-refractivity contribution in [2.45, 2.75) is 104 Å². The van der Waals surface area contributed by atoms with Crippen LogP contribution in [0.3, 0.4) is 0 Å². The van der Waals surface area contributed by atoms with Crippen molar-refractivity contribution >= 4 is 36.2 Å². The molecule has 0 radical (unpaired) electrons. The molecule has 0 aliphatic rings. The van der Waals surface area contributed by atoms with Gasteiger partial charge in [0.15, 0.2) is 0 Å². The van der Waals surface area contributed by atoms with Crippen LogP contribution in [-0.2, 0) is 12.7 Å². The predicted octanol–water partition coefficient (Wildman–Crippen LogP) is 8.52. The molecule has 0 aromatic heterocycles. The average molecular weight is 448 g/mol. The van der Waals surface area contributed by atoms with Gasteiger partial charge in [0.1, 0.15) is 0 Å². The summed E-state index contributed by atoms with van der Waals surface area (Å²) in [6.07, 6.45) is 2.87. The van der Waals surface area contributed by atoms with E-state index in [9.17, 15) is 0 Å². The van der Waals surface area contributed by atoms with Gasteiger partial charge in [0.25, 0.3) is 0 Å². The van der Waals surface area contributed by atoms with Gasteiger partial charge >= 0.3 is 33.0 Å². The standard InChI is InChI=1S/C18H40P2.2ClH.Ni/c1-15(2,3)19(16(4,5)6)13-14-20(17(7,8)9)18(10,11)12;;;/h13-14H2,1-12H3;2*1H;/q;;;+2/p-2. The molecular weight excluding hydrogens is 408 g/mol. The zero-order valence-corrected chi connectivity index (χ0v) is 21.7. The van der Waals surface area contributed by atoms with Crippen molar-refractivity contribution in [2.24, 2.45) is 0 Å². The van der Waals surface area contributed by atoms with Crippen LogP contribution < -0.4 is 0 Å². The monoisotopic (exact) mass is 446 g/mol. The van der Waals surface area contributed by atoms with Crippen LogP contribution in [0.5, 0.6) is 0 Å². The zero-order chi connectivity index (χ0) is 19.3. The molecule has 23 heavy (non-hydrogen) atoms. The van der Waals surface area contributed by atoms with E-state index in [2.05, 4.69) is 83.1 Å². The molecule has 0 amide bonds. The third kappa shape index (κ3) is 12.0. The summed E-state index contributed by atoms with van der Waals surface area (Å²) in [5, 5.41) is 1.85. The van der Waals surface area contributed by atoms with Crippen LogP contribution in [0.15, 0.2) is 0 Å². The average Bonchev–Trinajstić information content (AvgIpc) is 2.17. The van der Waals surface area contributed by atoms with Gasteiger partial charge in [0.2, 0.25) is 0 Å². The number of rotatable bonds is 3. The van der Waals surface area contributed by atoms with Crippen LogP contribution in [0.4, 0.5) is 0 Å². The maximum atomic E-state index is 4.70. The Bertz CT molecular complexity index is 260. The molecule has 0 bridgehead atoms. The summed E-state index contributed by atoms with van der Waals surface area (Å²) in [6, 6.07) is 0. The molecule has 0 saturated carbocycles. The SMILES string of the molecule is CC(C)(C)P(CCP(C(C)(C)C)C(C)(C)C)C(C)(C)C.[Cl][Ni][Cl]. The predicted molar refractivity (Wildman–Crippen MR) is 114 cm³/mol. The van der Waals surface area contributed by atoms with E-state index in [0.29, 0.717) is 33.3 Å². The molecule has 0 heterocycles. The fourth-order valence-electron chi connectivity index (χ4n) is 3.55. The molecule has 0 N–H and O–H groups in total. The molecule has 0 fully saturated rings. The summed E-state index contributed by atoms with van der Waals surface area (Å²) in [5.41, 5.74) is 0. The van der Waals surface area contributed by atoms with E-state index < -0.39 is 0 Å². The molecule has 0 rings (SSSR count). The second kappa shape index (κ2) is 10.3. The Morgan fingerprint density at radius 1 is 0.522 bits per heavy atom. The van der Waals surface area contributed by atoms with Crippen LogP contribution in [0.25, 0.3) is 0 Å². The number of hydrogen-bond acceptors (Lipinski definition) is 0. The molecule has 0 aliphatic carbocycles. The minimum absolute atomic E-state index is 0.0466. The Kier molecular flexibility index (Phi) is 12.2. The molecule has 0 saturated heterocycles. The van der Waals surface area contributed by atoms with Crippen LogP contribution in [0.1, 0.15) is 83.1 Å². The molecule has 0 nitrogen and oxygen atoms in total. The summed E-state index contributed by atoms with van der Waals surface area (Å²) in [7, 11) is 9.50. The van der Waals surface area contributed by atoms with Gasteiger partial charge in [-0.15, -0.1) is 0 Å². The molecule has 0 aromatic rings. The Labute approximate surface area is 164 Å². The molecule has 0 aromatic carbocycles. The van der Waals surface area contributed by atoms with E-state index in [1.54, 1.807) is 0 Å². The fraction of sp³-hybridized carbons (Fsp3) is 1.00. The van der Waals surface area contributed by atoms with Crippen molar-refractivity contribution < 1.29 is 12.7 Å². The van der Waals surface area contributed by atoms with Crippen molar-refractivity contribution in [1.29, 1.82) is 0 Å². The zero-order valence-electron chi connectivity index (χ0n) is 17.4. The molecule has 0 spiro atoms. The normalized spacial score (nSPS) is 14.3. The molecule has 146 valence electrons. The van der Waals surface area contributed by atoms with Gasteiger partial charge in [0.05, 0.1) is 0 Å². The van der Waals surface area contributed by atoms with E-state index in [1.165, 1.54) is 12.3 Å². The molecule has 0 atom stereocenters. The van der Waals surface area contributed by atoms with Crippen molar-refractivity contribution in [3.05, 3.63) is 0 Å². The van der Waals surface area contributed by atoms with E-state index >= 15 is 0 Å². The first kappa shape index (κ1) is 27.2. The fourth-order valence-corrected chi connectivity index (χ4v) is 11.9. The van der Waals surface area contributed by atoms with E-state index in [0.717, 1.165) is 0 Å². The topological polar surface area (TPSA) is 0 Å². The van der Waals surface area contributed by atoms with Gasteiger partial charge in [-0.3, -0.25) is 0 Å². The summed E-state index contributed by atoms with van der Waals surface area (Å²) >= 11 is 0.569.